The van der Waals surface area contributed by atoms with E-state index in [1.165, 1.54) is 21.6 Å². The molecule has 2 amide bonds. The number of anilines is 1. The molecule has 2 aliphatic carbocycles. The number of carbonyl (C=O) groups excluding carboxylic acids is 1. The Bertz CT molecular complexity index is 1950. The third kappa shape index (κ3) is 4.66. The van der Waals surface area contributed by atoms with Gasteiger partial charge in [0.2, 0.25) is 5.88 Å². The molecule has 2 atom stereocenters. The highest BCUT2D eigenvalue weighted by molar-refractivity contribution is 7.90. The Morgan fingerprint density at radius 2 is 1.38 bits per heavy atom. The molecule has 47 heavy (non-hydrogen) atoms. The first-order valence-electron chi connectivity index (χ1n) is 16.3. The molecule has 0 saturated carbocycles. The number of hydrogen-bond acceptors (Lipinski definition) is 5. The van der Waals surface area contributed by atoms with E-state index in [0.29, 0.717) is 23.2 Å². The fourth-order valence-electron chi connectivity index (χ4n) is 7.84. The number of nitrogens with zero attached hydrogens (tertiary/aromatic N) is 3. The summed E-state index contributed by atoms with van der Waals surface area (Å²) in [4.78, 5) is 15.5. The van der Waals surface area contributed by atoms with Crippen LogP contribution in [0.3, 0.4) is 0 Å². The number of ether oxygens (including phenoxy) is 1. The molecule has 0 bridgehead atoms. The number of hydrogen-bond donors (Lipinski definition) is 2. The maximum absolute atomic E-state index is 15.7. The Balaban J connectivity index is 1.42. The van der Waals surface area contributed by atoms with E-state index in [2.05, 4.69) is 16.5 Å². The first kappa shape index (κ1) is 29.5. The molecule has 3 aliphatic rings. The van der Waals surface area contributed by atoms with E-state index in [9.17, 15) is 4.78 Å². The summed E-state index contributed by atoms with van der Waals surface area (Å²) in [7, 11) is -4.14. The van der Waals surface area contributed by atoms with Gasteiger partial charge in [0, 0.05) is 5.69 Å². The van der Waals surface area contributed by atoms with Gasteiger partial charge < -0.3 is 10.1 Å². The molecule has 238 valence electrons. The van der Waals surface area contributed by atoms with Crippen molar-refractivity contribution in [2.24, 2.45) is 0 Å². The maximum atomic E-state index is 15.7. The Morgan fingerprint density at radius 3 is 1.89 bits per heavy atom. The van der Waals surface area contributed by atoms with Crippen LogP contribution in [-0.4, -0.2) is 30.4 Å². The Labute approximate surface area is 275 Å². The van der Waals surface area contributed by atoms with E-state index in [0.717, 1.165) is 55.3 Å². The SMILES string of the molecule is CC1Cn2ncc(S(=N)(=O)N(C(=O)Nc3c4c(cc5c3CCC5)CCC4)C(c3ccccc3)(c3ccccc3)c3ccccc3)c2O1. The van der Waals surface area contributed by atoms with Gasteiger partial charge in [0.1, 0.15) is 16.5 Å². The van der Waals surface area contributed by atoms with E-state index in [4.69, 9.17) is 4.74 Å². The number of urea groups is 1. The number of nitrogens with one attached hydrogen (secondary N) is 2. The zero-order valence-electron chi connectivity index (χ0n) is 26.3. The van der Waals surface area contributed by atoms with Crippen molar-refractivity contribution < 1.29 is 13.7 Å². The number of benzene rings is 4. The van der Waals surface area contributed by atoms with Gasteiger partial charge in [-0.05, 0) is 84.4 Å². The number of fused-ring (bicyclic) bond motifs is 3. The molecule has 2 N–H and O–H groups in total. The normalized spacial score (nSPS) is 17.7. The van der Waals surface area contributed by atoms with Crippen molar-refractivity contribution in [1.82, 2.24) is 14.1 Å². The molecule has 0 spiro atoms. The number of rotatable bonds is 7. The quantitative estimate of drug-likeness (QED) is 0.180. The molecule has 5 aromatic rings. The molecule has 9 heteroatoms. The fraction of sp³-hybridized carbons (Fsp3) is 0.263. The highest BCUT2D eigenvalue weighted by Crippen LogP contribution is 2.48. The summed E-state index contributed by atoms with van der Waals surface area (Å²) in [5.41, 5.74) is 6.32. The van der Waals surface area contributed by atoms with E-state index >= 15 is 9.00 Å². The molecule has 8 nitrogen and oxygen atoms in total. The molecule has 2 heterocycles. The minimum Gasteiger partial charge on any atom is -0.472 e. The number of aryl methyl sites for hydroxylation is 2. The molecule has 1 aliphatic heterocycles. The van der Waals surface area contributed by atoms with Crippen LogP contribution in [0.25, 0.3) is 0 Å². The van der Waals surface area contributed by atoms with Crippen LogP contribution in [0, 0.1) is 4.78 Å². The van der Waals surface area contributed by atoms with Crippen molar-refractivity contribution in [1.29, 1.82) is 4.78 Å². The summed E-state index contributed by atoms with van der Waals surface area (Å²) in [6.45, 7) is 2.38. The minimum atomic E-state index is -4.14. The second-order valence-corrected chi connectivity index (χ2v) is 14.6. The number of aromatic nitrogens is 2. The lowest BCUT2D eigenvalue weighted by Gasteiger charge is -2.45. The highest BCUT2D eigenvalue weighted by atomic mass is 32.2. The van der Waals surface area contributed by atoms with E-state index in [1.54, 1.807) is 4.68 Å². The average Bonchev–Trinajstić information content (AvgIpc) is 3.90. The van der Waals surface area contributed by atoms with E-state index in [1.807, 2.05) is 97.9 Å². The van der Waals surface area contributed by atoms with Gasteiger partial charge in [-0.15, -0.1) is 0 Å². The van der Waals surface area contributed by atoms with Gasteiger partial charge in [-0.2, -0.15) is 5.10 Å². The number of carbonyl (C=O) groups is 1. The Morgan fingerprint density at radius 1 is 0.872 bits per heavy atom. The van der Waals surface area contributed by atoms with Gasteiger partial charge >= 0.3 is 6.03 Å². The second-order valence-electron chi connectivity index (χ2n) is 12.7. The molecule has 0 radical (unpaired) electrons. The monoisotopic (exact) mass is 643 g/mol. The van der Waals surface area contributed by atoms with Crippen LogP contribution in [0.5, 0.6) is 5.88 Å². The topological polar surface area (TPSA) is 100 Å². The van der Waals surface area contributed by atoms with Crippen molar-refractivity contribution in [3.05, 3.63) is 142 Å². The van der Waals surface area contributed by atoms with Gasteiger partial charge in [0.25, 0.3) is 0 Å². The molecular weight excluding hydrogens is 607 g/mol. The Kier molecular flexibility index (Phi) is 7.17. The zero-order chi connectivity index (χ0) is 32.2. The first-order valence-corrected chi connectivity index (χ1v) is 17.9. The fourth-order valence-corrected chi connectivity index (χ4v) is 9.60. The third-order valence-electron chi connectivity index (χ3n) is 9.83. The van der Waals surface area contributed by atoms with Crippen molar-refractivity contribution in [3.8, 4) is 5.88 Å². The van der Waals surface area contributed by atoms with Crippen LogP contribution in [0.4, 0.5) is 10.5 Å². The van der Waals surface area contributed by atoms with Crippen molar-refractivity contribution >= 4 is 21.6 Å². The van der Waals surface area contributed by atoms with Crippen LogP contribution in [0.1, 0.15) is 58.7 Å². The van der Waals surface area contributed by atoms with Crippen LogP contribution < -0.4 is 10.1 Å². The van der Waals surface area contributed by atoms with Crippen molar-refractivity contribution in [2.75, 3.05) is 5.32 Å². The smallest absolute Gasteiger partial charge is 0.336 e. The van der Waals surface area contributed by atoms with Gasteiger partial charge in [-0.1, -0.05) is 97.1 Å². The van der Waals surface area contributed by atoms with Gasteiger partial charge in [-0.25, -0.2) is 22.8 Å². The van der Waals surface area contributed by atoms with Gasteiger partial charge in [-0.3, -0.25) is 0 Å². The standard InChI is InChI=1S/C38H37N5O3S/c1-26-25-42-36(46-26)34(24-40-42)47(39,45)43(37(44)41-35-32-21-11-13-27(32)23-28-14-12-22-33(28)35)38(29-15-5-2-6-16-29,30-17-7-3-8-18-30)31-19-9-4-10-20-31/h2-10,15-20,23-24,26,39H,11-14,21-22,25H2,1H3,(H,41,44). The zero-order valence-corrected chi connectivity index (χ0v) is 27.1. The van der Waals surface area contributed by atoms with Crippen LogP contribution in [0.15, 0.2) is 108 Å². The van der Waals surface area contributed by atoms with Gasteiger partial charge in [0.05, 0.1) is 12.7 Å². The lowest BCUT2D eigenvalue weighted by molar-refractivity contribution is 0.217. The lowest BCUT2D eigenvalue weighted by atomic mass is 9.77. The summed E-state index contributed by atoms with van der Waals surface area (Å²) in [5.74, 6) is 0.264. The predicted molar refractivity (Wildman–Crippen MR) is 182 cm³/mol. The van der Waals surface area contributed by atoms with Crippen LogP contribution in [-0.2, 0) is 47.7 Å². The Hall–Kier alpha value is -4.89. The van der Waals surface area contributed by atoms with Crippen molar-refractivity contribution in [2.45, 2.75) is 68.5 Å². The molecule has 4 aromatic carbocycles. The lowest BCUT2D eigenvalue weighted by Crippen LogP contribution is -2.55. The van der Waals surface area contributed by atoms with Gasteiger partial charge in [0.15, 0.2) is 9.92 Å². The molecule has 1 aromatic heterocycles. The summed E-state index contributed by atoms with van der Waals surface area (Å²) < 4.78 is 34.6. The summed E-state index contributed by atoms with van der Waals surface area (Å²) >= 11 is 0. The molecule has 2 unspecified atom stereocenters. The summed E-state index contributed by atoms with van der Waals surface area (Å²) in [6, 6.07) is 30.6. The predicted octanol–water partition coefficient (Wildman–Crippen LogP) is 7.49. The molecular formula is C38H37N5O3S. The molecule has 8 rings (SSSR count). The first-order chi connectivity index (χ1) is 22.9. The largest absolute Gasteiger partial charge is 0.472 e. The van der Waals surface area contributed by atoms with Crippen molar-refractivity contribution in [3.63, 3.8) is 0 Å². The second kappa shape index (κ2) is 11.4. The van der Waals surface area contributed by atoms with E-state index in [-0.39, 0.29) is 16.9 Å². The minimum absolute atomic E-state index is 0.0766. The highest BCUT2D eigenvalue weighted by Gasteiger charge is 2.51. The van der Waals surface area contributed by atoms with Crippen LogP contribution >= 0.6 is 0 Å². The third-order valence-corrected chi connectivity index (χ3v) is 11.7. The summed E-state index contributed by atoms with van der Waals surface area (Å²) in [5, 5.41) is 7.79. The van der Waals surface area contributed by atoms with Crippen LogP contribution in [0.2, 0.25) is 0 Å². The number of amides is 2. The van der Waals surface area contributed by atoms with E-state index < -0.39 is 21.5 Å². The average molecular weight is 644 g/mol. The summed E-state index contributed by atoms with van der Waals surface area (Å²) in [6.07, 6.45) is 6.98. The molecule has 0 saturated heterocycles. The molecule has 0 fully saturated rings. The maximum Gasteiger partial charge on any atom is 0.336 e.